The van der Waals surface area contributed by atoms with Gasteiger partial charge in [0.2, 0.25) is 5.91 Å². The van der Waals surface area contributed by atoms with E-state index in [1.54, 1.807) is 7.11 Å². The molecule has 1 aliphatic rings. The van der Waals surface area contributed by atoms with E-state index in [1.165, 1.54) is 0 Å². The summed E-state index contributed by atoms with van der Waals surface area (Å²) in [4.78, 5) is 13.8. The molecule has 1 aliphatic heterocycles. The lowest BCUT2D eigenvalue weighted by atomic mass is 9.96. The highest BCUT2D eigenvalue weighted by Crippen LogP contribution is 2.19. The van der Waals surface area contributed by atoms with Crippen LogP contribution in [0, 0.1) is 5.92 Å². The second-order valence-corrected chi connectivity index (χ2v) is 4.91. The van der Waals surface area contributed by atoms with Crippen molar-refractivity contribution >= 4 is 5.91 Å². The Hall–Kier alpha value is -0.610. The molecule has 1 rings (SSSR count). The van der Waals surface area contributed by atoms with Crippen LogP contribution in [0.1, 0.15) is 33.6 Å². The van der Waals surface area contributed by atoms with Crippen LogP contribution in [0.15, 0.2) is 0 Å². The molecule has 0 N–H and O–H groups in total. The molecule has 0 aliphatic carbocycles. The van der Waals surface area contributed by atoms with Gasteiger partial charge in [-0.1, -0.05) is 13.8 Å². The predicted octanol–water partition coefficient (Wildman–Crippen LogP) is 1.68. The van der Waals surface area contributed by atoms with E-state index >= 15 is 0 Å². The summed E-state index contributed by atoms with van der Waals surface area (Å²) in [7, 11) is 1.71. The van der Waals surface area contributed by atoms with Crippen molar-refractivity contribution in [2.75, 3.05) is 26.8 Å². The van der Waals surface area contributed by atoms with Crippen LogP contribution < -0.4 is 0 Å². The minimum Gasteiger partial charge on any atom is -0.379 e. The summed E-state index contributed by atoms with van der Waals surface area (Å²) in [6, 6.07) is 0. The molecule has 0 aromatic carbocycles. The molecule has 3 atom stereocenters. The molecule has 0 radical (unpaired) electrons. The number of likely N-dealkylation sites (tertiary alicyclic amines) is 1. The number of piperidine rings is 1. The number of hydrogen-bond donors (Lipinski definition) is 0. The third-order valence-electron chi connectivity index (χ3n) is 3.61. The number of hydrogen-bond acceptors (Lipinski definition) is 3. The molecule has 0 spiro atoms. The summed E-state index contributed by atoms with van der Waals surface area (Å²) in [5.41, 5.74) is 0. The molecule has 1 heterocycles. The van der Waals surface area contributed by atoms with Crippen molar-refractivity contribution in [1.29, 1.82) is 0 Å². The maximum Gasteiger partial charge on any atom is 0.248 e. The van der Waals surface area contributed by atoms with E-state index in [0.717, 1.165) is 19.4 Å². The molecule has 1 saturated heterocycles. The number of nitrogens with zero attached hydrogens (tertiary/aromatic N) is 1. The van der Waals surface area contributed by atoms with Crippen molar-refractivity contribution in [3.8, 4) is 0 Å². The van der Waals surface area contributed by atoms with E-state index < -0.39 is 0 Å². The quantitative estimate of drug-likeness (QED) is 0.737. The second-order valence-electron chi connectivity index (χ2n) is 4.91. The van der Waals surface area contributed by atoms with E-state index in [-0.39, 0.29) is 24.7 Å². The third-order valence-corrected chi connectivity index (χ3v) is 3.61. The van der Waals surface area contributed by atoms with Gasteiger partial charge in [0, 0.05) is 20.2 Å². The molecular weight excluding hydrogens is 218 g/mol. The maximum atomic E-state index is 11.9. The Balaban J connectivity index is 2.37. The van der Waals surface area contributed by atoms with Crippen LogP contribution in [0.2, 0.25) is 0 Å². The van der Waals surface area contributed by atoms with Gasteiger partial charge in [-0.2, -0.15) is 0 Å². The van der Waals surface area contributed by atoms with E-state index in [1.807, 2.05) is 11.8 Å². The van der Waals surface area contributed by atoms with Crippen LogP contribution in [0.25, 0.3) is 0 Å². The van der Waals surface area contributed by atoms with Crippen molar-refractivity contribution in [3.05, 3.63) is 0 Å². The molecule has 0 aromatic heterocycles. The largest absolute Gasteiger partial charge is 0.379 e. The topological polar surface area (TPSA) is 38.8 Å². The average molecular weight is 243 g/mol. The summed E-state index contributed by atoms with van der Waals surface area (Å²) in [5, 5.41) is 0. The number of rotatable bonds is 5. The van der Waals surface area contributed by atoms with E-state index in [0.29, 0.717) is 12.5 Å². The average Bonchev–Trinajstić information content (AvgIpc) is 2.35. The van der Waals surface area contributed by atoms with E-state index in [4.69, 9.17) is 9.47 Å². The number of amides is 1. The van der Waals surface area contributed by atoms with E-state index in [9.17, 15) is 4.79 Å². The van der Waals surface area contributed by atoms with Crippen molar-refractivity contribution in [3.63, 3.8) is 0 Å². The van der Waals surface area contributed by atoms with Crippen LogP contribution in [-0.4, -0.2) is 49.8 Å². The molecule has 0 bridgehead atoms. The normalized spacial score (nSPS) is 26.9. The Bertz CT molecular complexity index is 245. The van der Waals surface area contributed by atoms with Gasteiger partial charge in [-0.3, -0.25) is 4.79 Å². The van der Waals surface area contributed by atoms with Crippen molar-refractivity contribution in [2.45, 2.75) is 45.8 Å². The Morgan fingerprint density at radius 2 is 2.24 bits per heavy atom. The van der Waals surface area contributed by atoms with Crippen LogP contribution in [0.4, 0.5) is 0 Å². The van der Waals surface area contributed by atoms with Gasteiger partial charge in [0.05, 0.1) is 12.2 Å². The Morgan fingerprint density at radius 1 is 1.53 bits per heavy atom. The molecule has 0 saturated carbocycles. The third kappa shape index (κ3) is 4.28. The van der Waals surface area contributed by atoms with Crippen molar-refractivity contribution in [1.82, 2.24) is 4.90 Å². The monoisotopic (exact) mass is 243 g/mol. The summed E-state index contributed by atoms with van der Waals surface area (Å²) in [5.74, 6) is 0.610. The Kier molecular flexibility index (Phi) is 5.92. The highest BCUT2D eigenvalue weighted by Gasteiger charge is 2.28. The molecule has 4 heteroatoms. The molecule has 4 nitrogen and oxygen atoms in total. The number of ether oxygens (including phenoxy) is 2. The summed E-state index contributed by atoms with van der Waals surface area (Å²) >= 11 is 0. The standard InChI is InChI=1S/C13H25NO3/c1-5-11(3)17-9-13(15)14-7-6-10(2)12(8-14)16-4/h10-12H,5-9H2,1-4H3. The molecule has 100 valence electrons. The fraction of sp³-hybridized carbons (Fsp3) is 0.923. The van der Waals surface area contributed by atoms with Gasteiger partial charge in [0.25, 0.3) is 0 Å². The number of carbonyl (C=O) groups is 1. The minimum atomic E-state index is 0.0826. The van der Waals surface area contributed by atoms with E-state index in [2.05, 4.69) is 13.8 Å². The van der Waals surface area contributed by atoms with Gasteiger partial charge < -0.3 is 14.4 Å². The summed E-state index contributed by atoms with van der Waals surface area (Å²) < 4.78 is 10.9. The van der Waals surface area contributed by atoms with Gasteiger partial charge in [0.1, 0.15) is 6.61 Å². The van der Waals surface area contributed by atoms with Crippen LogP contribution in [-0.2, 0) is 14.3 Å². The second kappa shape index (κ2) is 6.97. The molecule has 17 heavy (non-hydrogen) atoms. The summed E-state index contributed by atoms with van der Waals surface area (Å²) in [6.07, 6.45) is 2.26. The molecular formula is C13H25NO3. The smallest absolute Gasteiger partial charge is 0.248 e. The Labute approximate surface area is 104 Å². The molecule has 3 unspecified atom stereocenters. The first-order valence-electron chi connectivity index (χ1n) is 6.50. The SMILES string of the molecule is CCC(C)OCC(=O)N1CCC(C)C(OC)C1. The van der Waals surface area contributed by atoms with Gasteiger partial charge >= 0.3 is 0 Å². The first-order chi connectivity index (χ1) is 8.08. The predicted molar refractivity (Wildman–Crippen MR) is 66.9 cm³/mol. The van der Waals surface area contributed by atoms with Gasteiger partial charge in [-0.05, 0) is 25.7 Å². The first-order valence-corrected chi connectivity index (χ1v) is 6.50. The zero-order valence-electron chi connectivity index (χ0n) is 11.4. The van der Waals surface area contributed by atoms with Gasteiger partial charge in [0.15, 0.2) is 0 Å². The number of carbonyl (C=O) groups excluding carboxylic acids is 1. The van der Waals surface area contributed by atoms with Crippen LogP contribution >= 0.6 is 0 Å². The van der Waals surface area contributed by atoms with Crippen molar-refractivity contribution < 1.29 is 14.3 Å². The Morgan fingerprint density at radius 3 is 2.82 bits per heavy atom. The first kappa shape index (κ1) is 14.5. The van der Waals surface area contributed by atoms with Crippen molar-refractivity contribution in [2.24, 2.45) is 5.92 Å². The lowest BCUT2D eigenvalue weighted by Gasteiger charge is -2.36. The fourth-order valence-electron chi connectivity index (χ4n) is 1.99. The van der Waals surface area contributed by atoms with Gasteiger partial charge in [-0.15, -0.1) is 0 Å². The lowest BCUT2D eigenvalue weighted by molar-refractivity contribution is -0.142. The molecule has 0 aromatic rings. The zero-order valence-corrected chi connectivity index (χ0v) is 11.4. The number of methoxy groups -OCH3 is 1. The lowest BCUT2D eigenvalue weighted by Crippen LogP contribution is -2.48. The van der Waals surface area contributed by atoms with Crippen LogP contribution in [0.5, 0.6) is 0 Å². The molecule has 1 fully saturated rings. The fourth-order valence-corrected chi connectivity index (χ4v) is 1.99. The van der Waals surface area contributed by atoms with Crippen LogP contribution in [0.3, 0.4) is 0 Å². The maximum absolute atomic E-state index is 11.9. The highest BCUT2D eigenvalue weighted by molar-refractivity contribution is 5.77. The minimum absolute atomic E-state index is 0.0826. The summed E-state index contributed by atoms with van der Waals surface area (Å²) in [6.45, 7) is 7.93. The zero-order chi connectivity index (χ0) is 12.8. The highest BCUT2D eigenvalue weighted by atomic mass is 16.5. The molecule has 1 amide bonds. The van der Waals surface area contributed by atoms with Gasteiger partial charge in [-0.25, -0.2) is 0 Å².